The molecule has 29 heavy (non-hydrogen) atoms. The van der Waals surface area contributed by atoms with Crippen molar-refractivity contribution in [3.63, 3.8) is 0 Å². The van der Waals surface area contributed by atoms with Crippen LogP contribution in [0.1, 0.15) is 11.1 Å². The summed E-state index contributed by atoms with van der Waals surface area (Å²) in [7, 11) is 0. The van der Waals surface area contributed by atoms with Crippen LogP contribution in [0.2, 0.25) is 0 Å². The first-order chi connectivity index (χ1) is 13.7. The molecule has 9 nitrogen and oxygen atoms in total. The third-order valence-corrected chi connectivity index (χ3v) is 3.69. The van der Waals surface area contributed by atoms with Crippen LogP contribution in [0.3, 0.4) is 0 Å². The second-order valence-electron chi connectivity index (χ2n) is 6.11. The maximum atomic E-state index is 11.3. The molecule has 0 radical (unpaired) electrons. The van der Waals surface area contributed by atoms with Crippen LogP contribution in [0.5, 0.6) is 5.75 Å². The average Bonchev–Trinajstić information content (AvgIpc) is 2.70. The van der Waals surface area contributed by atoms with Crippen molar-refractivity contribution in [2.24, 2.45) is 17.2 Å². The summed E-state index contributed by atoms with van der Waals surface area (Å²) in [4.78, 5) is 32.4. The molecule has 0 aliphatic heterocycles. The lowest BCUT2D eigenvalue weighted by molar-refractivity contribution is -0.159. The summed E-state index contributed by atoms with van der Waals surface area (Å²) >= 11 is 0. The van der Waals surface area contributed by atoms with Crippen LogP contribution in [-0.2, 0) is 32.0 Å². The van der Waals surface area contributed by atoms with Gasteiger partial charge in [-0.1, -0.05) is 42.5 Å². The Morgan fingerprint density at radius 1 is 0.862 bits per heavy atom. The predicted molar refractivity (Wildman–Crippen MR) is 106 cm³/mol. The number of carbonyl (C=O) groups excluding carboxylic acids is 2. The standard InChI is InChI=1S/C11H14N2O3.C9H11NO3/c12-7-10(14)16-11(15)9(13)6-8-4-2-1-3-5-8;10-8(9(12)13)5-6-1-3-7(11)4-2-6/h1-5,9H,6-7,12-13H2;1-4,8,11H,5,10H2,(H,12,13)/t9-;8-/m00/s1. The Hall–Kier alpha value is -3.27. The summed E-state index contributed by atoms with van der Waals surface area (Å²) in [6.07, 6.45) is 0.604. The Bertz CT molecular complexity index is 796. The van der Waals surface area contributed by atoms with E-state index in [4.69, 9.17) is 27.4 Å². The lowest BCUT2D eigenvalue weighted by Crippen LogP contribution is -2.36. The minimum atomic E-state index is -1.02. The van der Waals surface area contributed by atoms with E-state index in [0.717, 1.165) is 11.1 Å². The number of nitrogens with two attached hydrogens (primary N) is 3. The smallest absolute Gasteiger partial charge is 0.330 e. The summed E-state index contributed by atoms with van der Waals surface area (Å²) in [5.74, 6) is -2.38. The second-order valence-corrected chi connectivity index (χ2v) is 6.11. The Morgan fingerprint density at radius 2 is 1.38 bits per heavy atom. The third kappa shape index (κ3) is 9.47. The predicted octanol–water partition coefficient (Wildman–Crippen LogP) is -0.0685. The molecule has 2 rings (SSSR count). The molecule has 8 N–H and O–H groups in total. The normalized spacial score (nSPS) is 12.1. The number of aromatic hydroxyl groups is 1. The topological polar surface area (TPSA) is 179 Å². The number of hydrogen-bond donors (Lipinski definition) is 5. The number of hydrogen-bond acceptors (Lipinski definition) is 8. The molecule has 0 aliphatic rings. The van der Waals surface area contributed by atoms with Gasteiger partial charge in [-0.3, -0.25) is 9.59 Å². The van der Waals surface area contributed by atoms with Gasteiger partial charge in [-0.15, -0.1) is 0 Å². The highest BCUT2D eigenvalue weighted by molar-refractivity contribution is 5.89. The number of carbonyl (C=O) groups is 3. The lowest BCUT2D eigenvalue weighted by atomic mass is 10.1. The number of rotatable bonds is 7. The number of carboxylic acids is 1. The quantitative estimate of drug-likeness (QED) is 0.312. The molecular formula is C20H25N3O6. The summed E-state index contributed by atoms with van der Waals surface area (Å²) < 4.78 is 4.41. The van der Waals surface area contributed by atoms with E-state index in [1.165, 1.54) is 12.1 Å². The van der Waals surface area contributed by atoms with Crippen LogP contribution in [0.15, 0.2) is 54.6 Å². The summed E-state index contributed by atoms with van der Waals surface area (Å²) in [5.41, 5.74) is 17.6. The van der Waals surface area contributed by atoms with E-state index in [0.29, 0.717) is 6.42 Å². The van der Waals surface area contributed by atoms with Gasteiger partial charge in [0.2, 0.25) is 0 Å². The van der Waals surface area contributed by atoms with Crippen LogP contribution in [0, 0.1) is 0 Å². The van der Waals surface area contributed by atoms with E-state index in [1.807, 2.05) is 30.3 Å². The Morgan fingerprint density at radius 3 is 1.90 bits per heavy atom. The van der Waals surface area contributed by atoms with Crippen molar-refractivity contribution in [2.75, 3.05) is 6.54 Å². The van der Waals surface area contributed by atoms with Crippen LogP contribution in [-0.4, -0.2) is 46.7 Å². The Kier molecular flexibility index (Phi) is 10.0. The molecule has 0 aliphatic carbocycles. The van der Waals surface area contributed by atoms with Crippen molar-refractivity contribution in [1.82, 2.24) is 0 Å². The summed E-state index contributed by atoms with van der Waals surface area (Å²) in [5, 5.41) is 17.5. The Balaban J connectivity index is 0.000000296. The van der Waals surface area contributed by atoms with Gasteiger partial charge in [-0.05, 0) is 36.1 Å². The van der Waals surface area contributed by atoms with Crippen molar-refractivity contribution < 1.29 is 29.3 Å². The molecule has 0 spiro atoms. The van der Waals surface area contributed by atoms with Crippen LogP contribution in [0.4, 0.5) is 0 Å². The van der Waals surface area contributed by atoms with Crippen molar-refractivity contribution >= 4 is 17.9 Å². The highest BCUT2D eigenvalue weighted by Crippen LogP contribution is 2.10. The van der Waals surface area contributed by atoms with Gasteiger partial charge in [0.05, 0.1) is 6.54 Å². The van der Waals surface area contributed by atoms with E-state index < -0.39 is 30.0 Å². The number of carboxylic acid groups (broad SMARTS) is 1. The van der Waals surface area contributed by atoms with E-state index in [9.17, 15) is 14.4 Å². The molecule has 0 fully saturated rings. The van der Waals surface area contributed by atoms with Gasteiger partial charge >= 0.3 is 17.9 Å². The van der Waals surface area contributed by atoms with Crippen molar-refractivity contribution in [2.45, 2.75) is 24.9 Å². The highest BCUT2D eigenvalue weighted by atomic mass is 16.6. The number of phenolic OH excluding ortho intramolecular Hbond substituents is 1. The number of aliphatic carboxylic acids is 1. The fourth-order valence-electron chi connectivity index (χ4n) is 2.15. The van der Waals surface area contributed by atoms with Crippen molar-refractivity contribution in [1.29, 1.82) is 0 Å². The van der Waals surface area contributed by atoms with Gasteiger partial charge in [0.1, 0.15) is 17.8 Å². The SMILES string of the molecule is NCC(=O)OC(=O)[C@@H](N)Cc1ccccc1.N[C@@H](Cc1ccc(O)cc1)C(=O)O. The zero-order chi connectivity index (χ0) is 21.8. The van der Waals surface area contributed by atoms with Gasteiger partial charge in [0.15, 0.2) is 0 Å². The summed E-state index contributed by atoms with van der Waals surface area (Å²) in [6, 6.07) is 13.8. The van der Waals surface area contributed by atoms with Gasteiger partial charge in [-0.25, -0.2) is 4.79 Å². The van der Waals surface area contributed by atoms with E-state index in [1.54, 1.807) is 12.1 Å². The fraction of sp³-hybridized carbons (Fsp3) is 0.250. The molecule has 2 aromatic carbocycles. The molecule has 2 aromatic rings. The molecule has 0 amide bonds. The molecule has 0 heterocycles. The van der Waals surface area contributed by atoms with Gasteiger partial charge in [-0.2, -0.15) is 0 Å². The minimum absolute atomic E-state index is 0.160. The highest BCUT2D eigenvalue weighted by Gasteiger charge is 2.18. The van der Waals surface area contributed by atoms with E-state index in [2.05, 4.69) is 4.74 Å². The third-order valence-electron chi connectivity index (χ3n) is 3.69. The molecule has 156 valence electrons. The molecular weight excluding hydrogens is 378 g/mol. The first kappa shape index (κ1) is 23.8. The molecule has 2 atom stereocenters. The maximum absolute atomic E-state index is 11.3. The van der Waals surface area contributed by atoms with E-state index in [-0.39, 0.29) is 18.7 Å². The van der Waals surface area contributed by atoms with Gasteiger partial charge < -0.3 is 32.2 Å². The van der Waals surface area contributed by atoms with Crippen LogP contribution >= 0.6 is 0 Å². The Labute approximate surface area is 168 Å². The molecule has 0 bridgehead atoms. The zero-order valence-electron chi connectivity index (χ0n) is 15.7. The largest absolute Gasteiger partial charge is 0.508 e. The number of ether oxygens (including phenoxy) is 1. The molecule has 0 saturated heterocycles. The molecule has 0 aromatic heterocycles. The molecule has 9 heteroatoms. The monoisotopic (exact) mass is 403 g/mol. The molecule has 0 unspecified atom stereocenters. The number of esters is 2. The first-order valence-corrected chi connectivity index (χ1v) is 8.73. The zero-order valence-corrected chi connectivity index (χ0v) is 15.7. The molecule has 0 saturated carbocycles. The van der Waals surface area contributed by atoms with Crippen molar-refractivity contribution in [3.8, 4) is 5.75 Å². The summed E-state index contributed by atoms with van der Waals surface area (Å²) in [6.45, 7) is -0.330. The minimum Gasteiger partial charge on any atom is -0.508 e. The first-order valence-electron chi connectivity index (χ1n) is 8.73. The number of benzene rings is 2. The fourth-order valence-corrected chi connectivity index (χ4v) is 2.15. The van der Waals surface area contributed by atoms with Crippen molar-refractivity contribution in [3.05, 3.63) is 65.7 Å². The van der Waals surface area contributed by atoms with Crippen LogP contribution < -0.4 is 17.2 Å². The average molecular weight is 403 g/mol. The van der Waals surface area contributed by atoms with Crippen LogP contribution in [0.25, 0.3) is 0 Å². The van der Waals surface area contributed by atoms with Gasteiger partial charge in [0.25, 0.3) is 0 Å². The maximum Gasteiger partial charge on any atom is 0.330 e. The number of phenols is 1. The van der Waals surface area contributed by atoms with Gasteiger partial charge in [0, 0.05) is 0 Å². The van der Waals surface area contributed by atoms with E-state index >= 15 is 0 Å². The lowest BCUT2D eigenvalue weighted by Gasteiger charge is -2.09. The second kappa shape index (κ2) is 12.2.